The van der Waals surface area contributed by atoms with Gasteiger partial charge in [-0.05, 0) is 25.0 Å². The maximum atomic E-state index is 5.60. The van der Waals surface area contributed by atoms with Gasteiger partial charge in [-0.25, -0.2) is 0 Å². The van der Waals surface area contributed by atoms with Crippen LogP contribution >= 0.6 is 0 Å². The molecule has 0 saturated carbocycles. The van der Waals surface area contributed by atoms with Gasteiger partial charge in [0, 0.05) is 18.2 Å². The highest BCUT2D eigenvalue weighted by atomic mass is 16.5. The zero-order chi connectivity index (χ0) is 12.8. The van der Waals surface area contributed by atoms with Crippen molar-refractivity contribution in [2.75, 3.05) is 27.4 Å². The molecule has 4 heteroatoms. The number of quaternary nitrogens is 1. The summed E-state index contributed by atoms with van der Waals surface area (Å²) in [5.41, 5.74) is 1.19. The third-order valence-corrected chi connectivity index (χ3v) is 3.31. The fourth-order valence-corrected chi connectivity index (χ4v) is 2.28. The second kappa shape index (κ2) is 6.61. The molecule has 18 heavy (non-hydrogen) atoms. The maximum absolute atomic E-state index is 5.60. The smallest absolute Gasteiger partial charge is 0.131 e. The Labute approximate surface area is 108 Å². The van der Waals surface area contributed by atoms with Crippen LogP contribution in [-0.2, 0) is 11.3 Å². The molecule has 2 N–H and O–H groups in total. The molecule has 1 aromatic rings. The van der Waals surface area contributed by atoms with Gasteiger partial charge in [0.05, 0.1) is 14.2 Å². The van der Waals surface area contributed by atoms with Gasteiger partial charge in [0.15, 0.2) is 0 Å². The van der Waals surface area contributed by atoms with E-state index in [1.54, 1.807) is 14.2 Å². The Morgan fingerprint density at radius 1 is 1.33 bits per heavy atom. The summed E-state index contributed by atoms with van der Waals surface area (Å²) < 4.78 is 16.2. The van der Waals surface area contributed by atoms with Crippen molar-refractivity contribution in [2.24, 2.45) is 0 Å². The van der Waals surface area contributed by atoms with E-state index in [4.69, 9.17) is 14.2 Å². The molecular weight excluding hydrogens is 230 g/mol. The molecule has 1 aliphatic heterocycles. The number of nitrogens with two attached hydrogens (primary N) is 1. The highest BCUT2D eigenvalue weighted by Gasteiger charge is 2.17. The van der Waals surface area contributed by atoms with E-state index in [0.717, 1.165) is 31.2 Å². The predicted octanol–water partition coefficient (Wildman–Crippen LogP) is 0.946. The van der Waals surface area contributed by atoms with Gasteiger partial charge in [-0.2, -0.15) is 0 Å². The van der Waals surface area contributed by atoms with Crippen LogP contribution in [0.2, 0.25) is 0 Å². The Kier molecular flexibility index (Phi) is 4.84. The van der Waals surface area contributed by atoms with Crippen molar-refractivity contribution in [1.29, 1.82) is 0 Å². The number of methoxy groups -OCH3 is 2. The van der Waals surface area contributed by atoms with Gasteiger partial charge in [-0.3, -0.25) is 0 Å². The molecule has 0 amide bonds. The van der Waals surface area contributed by atoms with Crippen LogP contribution < -0.4 is 14.8 Å². The van der Waals surface area contributed by atoms with Gasteiger partial charge in [-0.1, -0.05) is 0 Å². The first-order valence-electron chi connectivity index (χ1n) is 6.47. The lowest BCUT2D eigenvalue weighted by Gasteiger charge is -2.11. The highest BCUT2D eigenvalue weighted by molar-refractivity contribution is 5.40. The molecule has 100 valence electrons. The summed E-state index contributed by atoms with van der Waals surface area (Å²) >= 11 is 0. The minimum atomic E-state index is 0.425. The lowest BCUT2D eigenvalue weighted by atomic mass is 10.2. The second-order valence-corrected chi connectivity index (χ2v) is 4.54. The van der Waals surface area contributed by atoms with Gasteiger partial charge in [-0.15, -0.1) is 0 Å². The zero-order valence-corrected chi connectivity index (χ0v) is 11.1. The average molecular weight is 252 g/mol. The van der Waals surface area contributed by atoms with Crippen LogP contribution in [0.25, 0.3) is 0 Å². The third-order valence-electron chi connectivity index (χ3n) is 3.31. The van der Waals surface area contributed by atoms with Crippen molar-refractivity contribution in [2.45, 2.75) is 25.5 Å². The van der Waals surface area contributed by atoms with E-state index < -0.39 is 0 Å². The predicted molar refractivity (Wildman–Crippen MR) is 69.0 cm³/mol. The number of benzene rings is 1. The lowest BCUT2D eigenvalue weighted by Crippen LogP contribution is -2.84. The number of hydrogen-bond acceptors (Lipinski definition) is 3. The van der Waals surface area contributed by atoms with Gasteiger partial charge in [0.1, 0.15) is 30.7 Å². The molecule has 1 fully saturated rings. The Hall–Kier alpha value is -1.26. The van der Waals surface area contributed by atoms with Crippen molar-refractivity contribution in [3.8, 4) is 11.5 Å². The molecule has 1 aromatic carbocycles. The molecule has 0 aliphatic carbocycles. The first kappa shape index (κ1) is 13.2. The summed E-state index contributed by atoms with van der Waals surface area (Å²) in [6, 6.07) is 5.96. The summed E-state index contributed by atoms with van der Waals surface area (Å²) in [4.78, 5) is 0. The minimum Gasteiger partial charge on any atom is -0.497 e. The van der Waals surface area contributed by atoms with Crippen LogP contribution in [0, 0.1) is 0 Å². The van der Waals surface area contributed by atoms with Crippen molar-refractivity contribution >= 4 is 0 Å². The van der Waals surface area contributed by atoms with Crippen LogP contribution in [0.3, 0.4) is 0 Å². The fraction of sp³-hybridized carbons (Fsp3) is 0.571. The van der Waals surface area contributed by atoms with Crippen LogP contribution in [0.15, 0.2) is 18.2 Å². The van der Waals surface area contributed by atoms with Gasteiger partial charge < -0.3 is 19.5 Å². The van der Waals surface area contributed by atoms with Crippen LogP contribution in [0.1, 0.15) is 18.4 Å². The minimum absolute atomic E-state index is 0.425. The molecule has 2 rings (SSSR count). The number of ether oxygens (including phenoxy) is 3. The number of hydrogen-bond donors (Lipinski definition) is 1. The summed E-state index contributed by atoms with van der Waals surface area (Å²) in [7, 11) is 3.36. The third kappa shape index (κ3) is 3.37. The first-order chi connectivity index (χ1) is 8.83. The van der Waals surface area contributed by atoms with Crippen molar-refractivity contribution in [3.05, 3.63) is 23.8 Å². The van der Waals surface area contributed by atoms with Crippen LogP contribution in [-0.4, -0.2) is 33.5 Å². The van der Waals surface area contributed by atoms with E-state index in [0.29, 0.717) is 6.10 Å². The molecule has 4 nitrogen and oxygen atoms in total. The van der Waals surface area contributed by atoms with E-state index in [9.17, 15) is 0 Å². The summed E-state index contributed by atoms with van der Waals surface area (Å²) in [5, 5.41) is 2.28. The van der Waals surface area contributed by atoms with E-state index in [1.165, 1.54) is 18.4 Å². The van der Waals surface area contributed by atoms with Gasteiger partial charge in [0.25, 0.3) is 0 Å². The molecule has 0 aromatic heterocycles. The summed E-state index contributed by atoms with van der Waals surface area (Å²) in [6.45, 7) is 2.85. The standard InChI is InChI=1S/C14H21NO3/c1-16-12-6-5-11(14(8-12)17-2)9-15-10-13-4-3-7-18-13/h5-6,8,13,15H,3-4,7,9-10H2,1-2H3/p+1/t13-/m1/s1. The summed E-state index contributed by atoms with van der Waals surface area (Å²) in [6.07, 6.45) is 2.81. The van der Waals surface area contributed by atoms with E-state index in [1.807, 2.05) is 12.1 Å². The molecule has 1 atom stereocenters. The Bertz CT molecular complexity index is 375. The molecule has 0 unspecified atom stereocenters. The van der Waals surface area contributed by atoms with E-state index >= 15 is 0 Å². The Morgan fingerprint density at radius 3 is 2.89 bits per heavy atom. The fourth-order valence-electron chi connectivity index (χ4n) is 2.28. The lowest BCUT2D eigenvalue weighted by molar-refractivity contribution is -0.676. The molecule has 1 aliphatic rings. The van der Waals surface area contributed by atoms with Crippen LogP contribution in [0.4, 0.5) is 0 Å². The van der Waals surface area contributed by atoms with Gasteiger partial charge >= 0.3 is 0 Å². The van der Waals surface area contributed by atoms with Crippen LogP contribution in [0.5, 0.6) is 11.5 Å². The Morgan fingerprint density at radius 2 is 2.22 bits per heavy atom. The molecule has 0 bridgehead atoms. The topological polar surface area (TPSA) is 44.3 Å². The van der Waals surface area contributed by atoms with E-state index in [2.05, 4.69) is 11.4 Å². The quantitative estimate of drug-likeness (QED) is 0.819. The van der Waals surface area contributed by atoms with Crippen molar-refractivity contribution < 1.29 is 19.5 Å². The molecule has 1 saturated heterocycles. The monoisotopic (exact) mass is 252 g/mol. The van der Waals surface area contributed by atoms with Crippen molar-refractivity contribution in [1.82, 2.24) is 0 Å². The molecule has 1 heterocycles. The van der Waals surface area contributed by atoms with E-state index in [-0.39, 0.29) is 0 Å². The molecular formula is C14H22NO3+. The Balaban J connectivity index is 1.87. The maximum Gasteiger partial charge on any atom is 0.131 e. The SMILES string of the molecule is COc1ccc(C[NH2+]C[C@H]2CCCO2)c(OC)c1. The van der Waals surface area contributed by atoms with Gasteiger partial charge in [0.2, 0.25) is 0 Å². The average Bonchev–Trinajstić information content (AvgIpc) is 2.92. The first-order valence-corrected chi connectivity index (χ1v) is 6.47. The second-order valence-electron chi connectivity index (χ2n) is 4.54. The molecule has 0 spiro atoms. The summed E-state index contributed by atoms with van der Waals surface area (Å²) in [5.74, 6) is 1.72. The largest absolute Gasteiger partial charge is 0.497 e. The molecule has 0 radical (unpaired) electrons. The highest BCUT2D eigenvalue weighted by Crippen LogP contribution is 2.23. The normalized spacial score (nSPS) is 18.9. The number of rotatable bonds is 6. The van der Waals surface area contributed by atoms with Crippen molar-refractivity contribution in [3.63, 3.8) is 0 Å². The zero-order valence-electron chi connectivity index (χ0n) is 11.1.